The Morgan fingerprint density at radius 2 is 2.07 bits per heavy atom. The van der Waals surface area contributed by atoms with Crippen molar-refractivity contribution >= 4 is 15.9 Å². The van der Waals surface area contributed by atoms with Gasteiger partial charge < -0.3 is 15.2 Å². The molecule has 1 aromatic carbocycles. The number of rotatable bonds is 1. The second kappa shape index (κ2) is 3.79. The van der Waals surface area contributed by atoms with Crippen LogP contribution in [0.1, 0.15) is 18.5 Å². The van der Waals surface area contributed by atoms with E-state index in [0.717, 1.165) is 21.5 Å². The molecule has 0 aromatic heterocycles. The Hall–Kier alpha value is -0.740. The van der Waals surface area contributed by atoms with E-state index in [4.69, 9.17) is 15.2 Å². The molecule has 0 saturated carbocycles. The van der Waals surface area contributed by atoms with Crippen molar-refractivity contribution in [3.63, 3.8) is 0 Å². The number of nitrogens with two attached hydrogens (primary N) is 1. The Bertz CT molecular complexity index is 352. The van der Waals surface area contributed by atoms with E-state index in [1.54, 1.807) is 0 Å². The molecule has 2 N–H and O–H groups in total. The normalized spacial score (nSPS) is 16.5. The van der Waals surface area contributed by atoms with Crippen molar-refractivity contribution < 1.29 is 9.47 Å². The van der Waals surface area contributed by atoms with Gasteiger partial charge in [0.2, 0.25) is 0 Å². The first kappa shape index (κ1) is 9.80. The Labute approximate surface area is 91.3 Å². The lowest BCUT2D eigenvalue weighted by molar-refractivity contribution is 0.170. The van der Waals surface area contributed by atoms with Gasteiger partial charge in [0.1, 0.15) is 13.2 Å². The van der Waals surface area contributed by atoms with Crippen LogP contribution in [-0.2, 0) is 0 Å². The molecule has 1 heterocycles. The summed E-state index contributed by atoms with van der Waals surface area (Å²) in [5.41, 5.74) is 6.86. The Morgan fingerprint density at radius 1 is 1.36 bits per heavy atom. The lowest BCUT2D eigenvalue weighted by Gasteiger charge is -2.21. The van der Waals surface area contributed by atoms with Crippen LogP contribution in [0.4, 0.5) is 0 Å². The van der Waals surface area contributed by atoms with Crippen LogP contribution in [0.3, 0.4) is 0 Å². The zero-order valence-electron chi connectivity index (χ0n) is 7.92. The van der Waals surface area contributed by atoms with Crippen LogP contribution in [0.25, 0.3) is 0 Å². The van der Waals surface area contributed by atoms with Crippen LogP contribution in [0.5, 0.6) is 11.5 Å². The van der Waals surface area contributed by atoms with Gasteiger partial charge >= 0.3 is 0 Å². The van der Waals surface area contributed by atoms with E-state index in [9.17, 15) is 0 Å². The minimum absolute atomic E-state index is 0.0137. The van der Waals surface area contributed by atoms with Crippen LogP contribution in [0.2, 0.25) is 0 Å². The second-order valence-electron chi connectivity index (χ2n) is 3.28. The third-order valence-electron chi connectivity index (χ3n) is 2.17. The number of hydrogen-bond donors (Lipinski definition) is 1. The van der Waals surface area contributed by atoms with Gasteiger partial charge in [-0.2, -0.15) is 0 Å². The maximum Gasteiger partial charge on any atom is 0.175 e. The molecule has 76 valence electrons. The van der Waals surface area contributed by atoms with Crippen molar-refractivity contribution in [2.45, 2.75) is 13.0 Å². The first-order valence-electron chi connectivity index (χ1n) is 4.53. The van der Waals surface area contributed by atoms with Crippen LogP contribution in [-0.4, -0.2) is 13.2 Å². The molecular formula is C10H12BrNO2. The number of halogens is 1. The molecule has 0 aliphatic carbocycles. The third-order valence-corrected chi connectivity index (χ3v) is 2.99. The number of hydrogen-bond acceptors (Lipinski definition) is 3. The van der Waals surface area contributed by atoms with Crippen molar-refractivity contribution in [3.05, 3.63) is 22.2 Å². The first-order valence-corrected chi connectivity index (χ1v) is 5.33. The fraction of sp³-hybridized carbons (Fsp3) is 0.400. The van der Waals surface area contributed by atoms with Gasteiger partial charge in [-0.15, -0.1) is 0 Å². The van der Waals surface area contributed by atoms with E-state index in [1.165, 1.54) is 0 Å². The molecule has 2 rings (SSSR count). The second-order valence-corrected chi connectivity index (χ2v) is 4.07. The first-order chi connectivity index (χ1) is 6.70. The highest BCUT2D eigenvalue weighted by atomic mass is 79.9. The van der Waals surface area contributed by atoms with Crippen molar-refractivity contribution in [1.82, 2.24) is 0 Å². The standard InChI is InChI=1S/C10H12BrNO2/c1-6(12)7-2-3-8-10(9(7)11)14-5-4-13-8/h2-3,6H,4-5,12H2,1H3. The summed E-state index contributed by atoms with van der Waals surface area (Å²) in [6.07, 6.45) is 0. The number of ether oxygens (including phenoxy) is 2. The van der Waals surface area contributed by atoms with Crippen molar-refractivity contribution in [2.24, 2.45) is 5.73 Å². The van der Waals surface area contributed by atoms with Crippen LogP contribution < -0.4 is 15.2 Å². The van der Waals surface area contributed by atoms with E-state index in [2.05, 4.69) is 15.9 Å². The minimum atomic E-state index is -0.0137. The smallest absolute Gasteiger partial charge is 0.175 e. The van der Waals surface area contributed by atoms with Crippen LogP contribution in [0, 0.1) is 0 Å². The molecule has 4 heteroatoms. The molecule has 14 heavy (non-hydrogen) atoms. The van der Waals surface area contributed by atoms with Crippen LogP contribution in [0.15, 0.2) is 16.6 Å². The summed E-state index contributed by atoms with van der Waals surface area (Å²) in [5, 5.41) is 0. The zero-order valence-corrected chi connectivity index (χ0v) is 9.50. The molecule has 0 bridgehead atoms. The summed E-state index contributed by atoms with van der Waals surface area (Å²) < 4.78 is 11.9. The molecule has 0 saturated heterocycles. The van der Waals surface area contributed by atoms with Crippen molar-refractivity contribution in [1.29, 1.82) is 0 Å². The number of fused-ring (bicyclic) bond motifs is 1. The number of benzene rings is 1. The topological polar surface area (TPSA) is 44.5 Å². The van der Waals surface area contributed by atoms with Gasteiger partial charge in [0, 0.05) is 6.04 Å². The molecule has 3 nitrogen and oxygen atoms in total. The van der Waals surface area contributed by atoms with Gasteiger partial charge in [0.15, 0.2) is 11.5 Å². The molecular weight excluding hydrogens is 246 g/mol. The highest BCUT2D eigenvalue weighted by molar-refractivity contribution is 9.10. The van der Waals surface area contributed by atoms with E-state index in [0.29, 0.717) is 13.2 Å². The molecule has 1 atom stereocenters. The SMILES string of the molecule is CC(N)c1ccc2c(c1Br)OCCO2. The fourth-order valence-electron chi connectivity index (χ4n) is 1.45. The van der Waals surface area contributed by atoms with Crippen molar-refractivity contribution in [3.8, 4) is 11.5 Å². The quantitative estimate of drug-likeness (QED) is 0.840. The van der Waals surface area contributed by atoms with E-state index in [1.807, 2.05) is 19.1 Å². The Balaban J connectivity index is 2.49. The molecule has 1 unspecified atom stereocenters. The molecule has 1 aromatic rings. The Kier molecular flexibility index (Phi) is 2.65. The molecule has 1 aliphatic heterocycles. The molecule has 0 amide bonds. The highest BCUT2D eigenvalue weighted by Crippen LogP contribution is 2.40. The molecule has 0 fully saturated rings. The maximum absolute atomic E-state index is 5.82. The average molecular weight is 258 g/mol. The van der Waals surface area contributed by atoms with E-state index < -0.39 is 0 Å². The predicted molar refractivity (Wildman–Crippen MR) is 57.7 cm³/mol. The maximum atomic E-state index is 5.82. The van der Waals surface area contributed by atoms with E-state index >= 15 is 0 Å². The minimum Gasteiger partial charge on any atom is -0.486 e. The zero-order chi connectivity index (χ0) is 10.1. The van der Waals surface area contributed by atoms with Gasteiger partial charge in [0.25, 0.3) is 0 Å². The van der Waals surface area contributed by atoms with Gasteiger partial charge in [-0.25, -0.2) is 0 Å². The van der Waals surface area contributed by atoms with Gasteiger partial charge in [-0.1, -0.05) is 6.07 Å². The summed E-state index contributed by atoms with van der Waals surface area (Å²) in [6.45, 7) is 3.14. The largest absolute Gasteiger partial charge is 0.486 e. The van der Waals surface area contributed by atoms with Crippen LogP contribution >= 0.6 is 15.9 Å². The van der Waals surface area contributed by atoms with Gasteiger partial charge in [-0.05, 0) is 34.5 Å². The monoisotopic (exact) mass is 257 g/mol. The van der Waals surface area contributed by atoms with E-state index in [-0.39, 0.29) is 6.04 Å². The fourth-order valence-corrected chi connectivity index (χ4v) is 2.25. The molecule has 1 aliphatic rings. The summed E-state index contributed by atoms with van der Waals surface area (Å²) >= 11 is 3.48. The highest BCUT2D eigenvalue weighted by Gasteiger charge is 2.18. The lowest BCUT2D eigenvalue weighted by Crippen LogP contribution is -2.17. The molecule has 0 radical (unpaired) electrons. The van der Waals surface area contributed by atoms with Gasteiger partial charge in [-0.3, -0.25) is 0 Å². The summed E-state index contributed by atoms with van der Waals surface area (Å²) in [7, 11) is 0. The Morgan fingerprint density at radius 3 is 2.79 bits per heavy atom. The summed E-state index contributed by atoms with van der Waals surface area (Å²) in [4.78, 5) is 0. The van der Waals surface area contributed by atoms with Crippen molar-refractivity contribution in [2.75, 3.05) is 13.2 Å². The van der Waals surface area contributed by atoms with Gasteiger partial charge in [0.05, 0.1) is 4.47 Å². The summed E-state index contributed by atoms with van der Waals surface area (Å²) in [5.74, 6) is 1.55. The molecule has 0 spiro atoms. The lowest BCUT2D eigenvalue weighted by atomic mass is 10.1. The summed E-state index contributed by atoms with van der Waals surface area (Å²) in [6, 6.07) is 3.85. The predicted octanol–water partition coefficient (Wildman–Crippen LogP) is 2.24. The third kappa shape index (κ3) is 1.60. The average Bonchev–Trinajstić information content (AvgIpc) is 2.18.